The van der Waals surface area contributed by atoms with E-state index in [0.717, 1.165) is 19.5 Å². The second-order valence-electron chi connectivity index (χ2n) is 2.84. The van der Waals surface area contributed by atoms with E-state index >= 15 is 0 Å². The van der Waals surface area contributed by atoms with Gasteiger partial charge in [-0.15, -0.1) is 0 Å². The van der Waals surface area contributed by atoms with Crippen LogP contribution in [-0.4, -0.2) is 36.2 Å². The van der Waals surface area contributed by atoms with Crippen molar-refractivity contribution in [2.75, 3.05) is 27.3 Å². The van der Waals surface area contributed by atoms with Gasteiger partial charge in [0.2, 0.25) is 0 Å². The second-order valence-corrected chi connectivity index (χ2v) is 5.59. The maximum Gasteiger partial charge on any atom is 0.516 e. The van der Waals surface area contributed by atoms with Gasteiger partial charge in [0.25, 0.3) is 0 Å². The van der Waals surface area contributed by atoms with Crippen molar-refractivity contribution in [3.05, 3.63) is 0 Å². The van der Waals surface area contributed by atoms with E-state index in [0.29, 0.717) is 0 Å². The summed E-state index contributed by atoms with van der Waals surface area (Å²) in [6.07, 6.45) is 2.32. The molecular formula is C8H22N2O2Si. The summed E-state index contributed by atoms with van der Waals surface area (Å²) in [5.41, 5.74) is 0. The van der Waals surface area contributed by atoms with Gasteiger partial charge in [-0.05, 0) is 19.5 Å². The summed E-state index contributed by atoms with van der Waals surface area (Å²) in [6.45, 7) is 6.00. The topological polar surface area (TPSA) is 42.5 Å². The molecule has 80 valence electrons. The van der Waals surface area contributed by atoms with Gasteiger partial charge in [-0.1, -0.05) is 20.3 Å². The van der Waals surface area contributed by atoms with E-state index in [9.17, 15) is 0 Å². The normalized spacial score (nSPS) is 12.0. The third-order valence-electron chi connectivity index (χ3n) is 1.87. The molecule has 0 saturated heterocycles. The van der Waals surface area contributed by atoms with Crippen LogP contribution in [0.4, 0.5) is 0 Å². The molecule has 0 atom stereocenters. The molecule has 0 rings (SSSR count). The molecular weight excluding hydrogens is 184 g/mol. The van der Waals surface area contributed by atoms with Gasteiger partial charge in [0, 0.05) is 14.2 Å². The Kier molecular flexibility index (Phi) is 7.49. The van der Waals surface area contributed by atoms with Crippen molar-refractivity contribution in [2.45, 2.75) is 26.7 Å². The fourth-order valence-electron chi connectivity index (χ4n) is 1.10. The third-order valence-corrected chi connectivity index (χ3v) is 4.56. The van der Waals surface area contributed by atoms with Crippen molar-refractivity contribution in [3.63, 3.8) is 0 Å². The first kappa shape index (κ1) is 13.1. The Hall–Kier alpha value is 0.0569. The molecule has 0 amide bonds. The van der Waals surface area contributed by atoms with E-state index in [4.69, 9.17) is 8.85 Å². The summed E-state index contributed by atoms with van der Waals surface area (Å²) < 4.78 is 10.7. The molecule has 13 heavy (non-hydrogen) atoms. The smallest absolute Gasteiger partial charge is 0.374 e. The van der Waals surface area contributed by atoms with Gasteiger partial charge in [0.1, 0.15) is 0 Å². The molecule has 0 aromatic heterocycles. The number of hydrogen-bond donors (Lipinski definition) is 2. The molecule has 0 aromatic carbocycles. The van der Waals surface area contributed by atoms with Crippen LogP contribution in [0.3, 0.4) is 0 Å². The standard InChI is InChI=1S/C8H22N2O2Si/c1-5-7-8-10-13(11-3,12-4)9-6-2/h9-10H,5-8H2,1-4H3. The molecule has 4 nitrogen and oxygen atoms in total. The molecule has 0 aromatic rings. The van der Waals surface area contributed by atoms with Gasteiger partial charge in [-0.25, -0.2) is 0 Å². The first-order chi connectivity index (χ1) is 6.24. The zero-order valence-electron chi connectivity index (χ0n) is 9.14. The lowest BCUT2D eigenvalue weighted by Gasteiger charge is -2.27. The van der Waals surface area contributed by atoms with E-state index in [1.54, 1.807) is 14.2 Å². The van der Waals surface area contributed by atoms with E-state index in [1.807, 2.05) is 6.92 Å². The van der Waals surface area contributed by atoms with Crippen LogP contribution in [0.2, 0.25) is 0 Å². The summed E-state index contributed by atoms with van der Waals surface area (Å²) in [5.74, 6) is 0. The van der Waals surface area contributed by atoms with Crippen LogP contribution >= 0.6 is 0 Å². The van der Waals surface area contributed by atoms with Crippen LogP contribution in [0.1, 0.15) is 26.7 Å². The molecule has 0 aliphatic carbocycles. The molecule has 0 heterocycles. The minimum Gasteiger partial charge on any atom is -0.374 e. The quantitative estimate of drug-likeness (QED) is 0.453. The molecule has 0 aliphatic heterocycles. The maximum absolute atomic E-state index is 5.37. The Morgan fingerprint density at radius 2 is 1.69 bits per heavy atom. The highest BCUT2D eigenvalue weighted by Crippen LogP contribution is 1.96. The van der Waals surface area contributed by atoms with Crippen LogP contribution in [0.15, 0.2) is 0 Å². The predicted octanol–water partition coefficient (Wildman–Crippen LogP) is 0.714. The lowest BCUT2D eigenvalue weighted by Crippen LogP contribution is -2.66. The monoisotopic (exact) mass is 206 g/mol. The summed E-state index contributed by atoms with van der Waals surface area (Å²) in [6, 6.07) is 0. The summed E-state index contributed by atoms with van der Waals surface area (Å²) >= 11 is 0. The van der Waals surface area contributed by atoms with Gasteiger partial charge in [0.15, 0.2) is 0 Å². The Morgan fingerprint density at radius 3 is 2.08 bits per heavy atom. The van der Waals surface area contributed by atoms with Crippen molar-refractivity contribution >= 4 is 8.88 Å². The van der Waals surface area contributed by atoms with Crippen LogP contribution in [0, 0.1) is 0 Å². The molecule has 2 N–H and O–H groups in total. The fourth-order valence-corrected chi connectivity index (χ4v) is 2.94. The minimum absolute atomic E-state index is 0.854. The molecule has 0 saturated carbocycles. The van der Waals surface area contributed by atoms with Gasteiger partial charge >= 0.3 is 8.88 Å². The maximum atomic E-state index is 5.37. The Bertz CT molecular complexity index is 121. The average molecular weight is 206 g/mol. The number of rotatable bonds is 8. The second kappa shape index (κ2) is 7.46. The van der Waals surface area contributed by atoms with E-state index in [2.05, 4.69) is 16.9 Å². The molecule has 0 radical (unpaired) electrons. The average Bonchev–Trinajstić information content (AvgIpc) is 2.17. The Labute approximate surface area is 82.4 Å². The lowest BCUT2D eigenvalue weighted by molar-refractivity contribution is 0.214. The van der Waals surface area contributed by atoms with Gasteiger partial charge in [-0.2, -0.15) is 0 Å². The summed E-state index contributed by atoms with van der Waals surface area (Å²) in [4.78, 5) is 6.56. The SMILES string of the molecule is CCCCN[Si](NCC)(OC)OC. The van der Waals surface area contributed by atoms with Crippen LogP contribution in [0.5, 0.6) is 0 Å². The number of nitrogens with one attached hydrogen (secondary N) is 2. The Morgan fingerprint density at radius 1 is 1.08 bits per heavy atom. The van der Waals surface area contributed by atoms with E-state index in [-0.39, 0.29) is 0 Å². The van der Waals surface area contributed by atoms with Crippen molar-refractivity contribution in [1.82, 2.24) is 9.96 Å². The largest absolute Gasteiger partial charge is 0.516 e. The number of hydrogen-bond acceptors (Lipinski definition) is 4. The van der Waals surface area contributed by atoms with Crippen molar-refractivity contribution in [2.24, 2.45) is 0 Å². The molecule has 5 heteroatoms. The minimum atomic E-state index is -2.28. The van der Waals surface area contributed by atoms with Crippen molar-refractivity contribution < 1.29 is 8.85 Å². The zero-order chi connectivity index (χ0) is 10.2. The van der Waals surface area contributed by atoms with Crippen molar-refractivity contribution in [1.29, 1.82) is 0 Å². The van der Waals surface area contributed by atoms with Crippen LogP contribution < -0.4 is 9.96 Å². The predicted molar refractivity (Wildman–Crippen MR) is 56.4 cm³/mol. The fraction of sp³-hybridized carbons (Fsp3) is 1.00. The molecule has 0 spiro atoms. The molecule has 0 unspecified atom stereocenters. The molecule has 0 bridgehead atoms. The summed E-state index contributed by atoms with van der Waals surface area (Å²) in [7, 11) is 1.08. The zero-order valence-corrected chi connectivity index (χ0v) is 10.1. The highest BCUT2D eigenvalue weighted by molar-refractivity contribution is 6.62. The Balaban J connectivity index is 3.89. The van der Waals surface area contributed by atoms with Gasteiger partial charge in [-0.3, -0.25) is 9.96 Å². The first-order valence-electron chi connectivity index (χ1n) is 4.85. The third kappa shape index (κ3) is 4.73. The van der Waals surface area contributed by atoms with Crippen molar-refractivity contribution in [3.8, 4) is 0 Å². The number of unbranched alkanes of at least 4 members (excludes halogenated alkanes) is 1. The molecule has 0 fully saturated rings. The van der Waals surface area contributed by atoms with E-state index in [1.165, 1.54) is 6.42 Å². The highest BCUT2D eigenvalue weighted by atomic mass is 28.4. The molecule has 0 aliphatic rings. The van der Waals surface area contributed by atoms with Crippen LogP contribution in [0.25, 0.3) is 0 Å². The first-order valence-corrected chi connectivity index (χ1v) is 6.66. The highest BCUT2D eigenvalue weighted by Gasteiger charge is 2.35. The van der Waals surface area contributed by atoms with E-state index < -0.39 is 8.88 Å². The van der Waals surface area contributed by atoms with Gasteiger partial charge < -0.3 is 8.85 Å². The van der Waals surface area contributed by atoms with Crippen LogP contribution in [-0.2, 0) is 8.85 Å². The lowest BCUT2D eigenvalue weighted by atomic mass is 10.3. The van der Waals surface area contributed by atoms with Gasteiger partial charge in [0.05, 0.1) is 0 Å². The summed E-state index contributed by atoms with van der Waals surface area (Å²) in [5, 5.41) is 0.